The van der Waals surface area contributed by atoms with Gasteiger partial charge < -0.3 is 5.32 Å². The summed E-state index contributed by atoms with van der Waals surface area (Å²) in [6.45, 7) is 1.63. The molecular weight excluding hydrogens is 188 g/mol. The van der Waals surface area contributed by atoms with Crippen LogP contribution in [0.1, 0.15) is 18.4 Å². The zero-order chi connectivity index (χ0) is 10.7. The summed E-state index contributed by atoms with van der Waals surface area (Å²) in [5.41, 5.74) is 0.461. The largest absolute Gasteiger partial charge is 0.359 e. The summed E-state index contributed by atoms with van der Waals surface area (Å²) in [5.74, 6) is -2.54. The van der Waals surface area contributed by atoms with E-state index in [4.69, 9.17) is 0 Å². The Bertz CT molecular complexity index is 352. The van der Waals surface area contributed by atoms with Gasteiger partial charge in [0.15, 0.2) is 11.6 Å². The number of likely N-dealkylation sites (N-methyl/N-ethyl adjacent to an activating group) is 1. The van der Waals surface area contributed by atoms with E-state index in [1.165, 1.54) is 13.1 Å². The molecule has 1 aromatic rings. The van der Waals surface area contributed by atoms with Crippen LogP contribution in [0.25, 0.3) is 0 Å². The third kappa shape index (κ3) is 2.07. The van der Waals surface area contributed by atoms with Crippen LogP contribution in [0.2, 0.25) is 0 Å². The molecular formula is C10H11F2NO. The van der Waals surface area contributed by atoms with Crippen molar-refractivity contribution in [1.82, 2.24) is 5.32 Å². The minimum atomic E-state index is -0.932. The first-order valence-corrected chi connectivity index (χ1v) is 4.22. The molecule has 0 aliphatic heterocycles. The lowest BCUT2D eigenvalue weighted by molar-refractivity contribution is -0.121. The van der Waals surface area contributed by atoms with Crippen LogP contribution in [-0.4, -0.2) is 13.0 Å². The van der Waals surface area contributed by atoms with E-state index in [0.29, 0.717) is 5.56 Å². The van der Waals surface area contributed by atoms with E-state index < -0.39 is 17.6 Å². The summed E-state index contributed by atoms with van der Waals surface area (Å²) in [5, 5.41) is 2.44. The zero-order valence-corrected chi connectivity index (χ0v) is 7.97. The molecule has 0 aliphatic rings. The highest BCUT2D eigenvalue weighted by Gasteiger charge is 2.15. The van der Waals surface area contributed by atoms with E-state index in [1.54, 1.807) is 6.92 Å². The number of benzene rings is 1. The van der Waals surface area contributed by atoms with Gasteiger partial charge in [-0.05, 0) is 24.6 Å². The van der Waals surface area contributed by atoms with Crippen molar-refractivity contribution in [3.63, 3.8) is 0 Å². The predicted molar refractivity (Wildman–Crippen MR) is 48.8 cm³/mol. The fourth-order valence-electron chi connectivity index (χ4n) is 1.15. The normalized spacial score (nSPS) is 12.3. The summed E-state index contributed by atoms with van der Waals surface area (Å²) in [4.78, 5) is 11.2. The molecule has 1 amide bonds. The van der Waals surface area contributed by atoms with Gasteiger partial charge >= 0.3 is 0 Å². The molecule has 2 nitrogen and oxygen atoms in total. The lowest BCUT2D eigenvalue weighted by atomic mass is 10.0. The molecule has 0 fully saturated rings. The highest BCUT2D eigenvalue weighted by atomic mass is 19.2. The average Bonchev–Trinajstić information content (AvgIpc) is 2.20. The Morgan fingerprint density at radius 3 is 2.50 bits per heavy atom. The summed E-state index contributed by atoms with van der Waals surface area (Å²) < 4.78 is 25.4. The van der Waals surface area contributed by atoms with Crippen LogP contribution >= 0.6 is 0 Å². The molecule has 4 heteroatoms. The number of nitrogens with one attached hydrogen (secondary N) is 1. The Labute approximate surface area is 80.9 Å². The van der Waals surface area contributed by atoms with Crippen molar-refractivity contribution >= 4 is 5.91 Å². The van der Waals surface area contributed by atoms with Gasteiger partial charge in [-0.15, -0.1) is 0 Å². The second-order valence-corrected chi connectivity index (χ2v) is 3.01. The minimum absolute atomic E-state index is 0.226. The van der Waals surface area contributed by atoms with Gasteiger partial charge in [-0.2, -0.15) is 0 Å². The van der Waals surface area contributed by atoms with Crippen molar-refractivity contribution < 1.29 is 13.6 Å². The van der Waals surface area contributed by atoms with Gasteiger partial charge in [-0.1, -0.05) is 6.07 Å². The first kappa shape index (κ1) is 10.6. The summed E-state index contributed by atoms with van der Waals surface area (Å²) in [7, 11) is 1.50. The molecule has 1 unspecified atom stereocenters. The molecule has 1 rings (SSSR count). The van der Waals surface area contributed by atoms with Gasteiger partial charge in [0.2, 0.25) is 5.91 Å². The Morgan fingerprint density at radius 1 is 1.36 bits per heavy atom. The molecule has 1 N–H and O–H groups in total. The first-order chi connectivity index (χ1) is 6.56. The fourth-order valence-corrected chi connectivity index (χ4v) is 1.15. The first-order valence-electron chi connectivity index (χ1n) is 4.22. The summed E-state index contributed by atoms with van der Waals surface area (Å²) in [6, 6.07) is 3.46. The predicted octanol–water partition coefficient (Wildman–Crippen LogP) is 1.81. The van der Waals surface area contributed by atoms with Crippen LogP contribution in [0.4, 0.5) is 8.78 Å². The second-order valence-electron chi connectivity index (χ2n) is 3.01. The van der Waals surface area contributed by atoms with Crippen molar-refractivity contribution in [2.24, 2.45) is 0 Å². The minimum Gasteiger partial charge on any atom is -0.359 e. The number of hydrogen-bond acceptors (Lipinski definition) is 1. The van der Waals surface area contributed by atoms with Crippen molar-refractivity contribution in [3.8, 4) is 0 Å². The van der Waals surface area contributed by atoms with E-state index in [1.807, 2.05) is 0 Å². The number of rotatable bonds is 2. The second kappa shape index (κ2) is 4.17. The Kier molecular flexibility index (Phi) is 3.17. The SMILES string of the molecule is CNC(=O)C(C)c1ccc(F)c(F)c1. The van der Waals surface area contributed by atoms with Crippen LogP contribution < -0.4 is 5.32 Å². The Balaban J connectivity index is 2.96. The summed E-state index contributed by atoms with van der Waals surface area (Å²) >= 11 is 0. The lowest BCUT2D eigenvalue weighted by Gasteiger charge is -2.09. The molecule has 0 saturated carbocycles. The highest BCUT2D eigenvalue weighted by Crippen LogP contribution is 2.17. The zero-order valence-electron chi connectivity index (χ0n) is 7.97. The van der Waals surface area contributed by atoms with Gasteiger partial charge in [0.05, 0.1) is 5.92 Å². The van der Waals surface area contributed by atoms with E-state index in [2.05, 4.69) is 5.32 Å². The molecule has 0 aromatic heterocycles. The smallest absolute Gasteiger partial charge is 0.227 e. The maximum Gasteiger partial charge on any atom is 0.227 e. The third-order valence-electron chi connectivity index (χ3n) is 2.08. The molecule has 0 aliphatic carbocycles. The van der Waals surface area contributed by atoms with E-state index in [-0.39, 0.29) is 5.91 Å². The molecule has 0 radical (unpaired) electrons. The molecule has 0 saturated heterocycles. The van der Waals surface area contributed by atoms with Crippen LogP contribution in [0, 0.1) is 11.6 Å². The maximum atomic E-state index is 12.8. The topological polar surface area (TPSA) is 29.1 Å². The van der Waals surface area contributed by atoms with Gasteiger partial charge in [0.1, 0.15) is 0 Å². The monoisotopic (exact) mass is 199 g/mol. The standard InChI is InChI=1S/C10H11F2NO/c1-6(10(14)13-2)7-3-4-8(11)9(12)5-7/h3-6H,1-2H3,(H,13,14). The van der Waals surface area contributed by atoms with Gasteiger partial charge in [-0.3, -0.25) is 4.79 Å². The quantitative estimate of drug-likeness (QED) is 0.773. The van der Waals surface area contributed by atoms with Crippen LogP contribution in [-0.2, 0) is 4.79 Å². The number of halogens is 2. The molecule has 76 valence electrons. The lowest BCUT2D eigenvalue weighted by Crippen LogP contribution is -2.23. The van der Waals surface area contributed by atoms with E-state index in [0.717, 1.165) is 12.1 Å². The molecule has 0 heterocycles. The molecule has 1 atom stereocenters. The third-order valence-corrected chi connectivity index (χ3v) is 2.08. The van der Waals surface area contributed by atoms with E-state index >= 15 is 0 Å². The fraction of sp³-hybridized carbons (Fsp3) is 0.300. The molecule has 0 bridgehead atoms. The summed E-state index contributed by atoms with van der Waals surface area (Å²) in [6.07, 6.45) is 0. The van der Waals surface area contributed by atoms with Crippen molar-refractivity contribution in [1.29, 1.82) is 0 Å². The van der Waals surface area contributed by atoms with Crippen LogP contribution in [0.3, 0.4) is 0 Å². The van der Waals surface area contributed by atoms with Crippen molar-refractivity contribution in [2.75, 3.05) is 7.05 Å². The highest BCUT2D eigenvalue weighted by molar-refractivity contribution is 5.82. The molecule has 14 heavy (non-hydrogen) atoms. The molecule has 0 spiro atoms. The number of carbonyl (C=O) groups is 1. The van der Waals surface area contributed by atoms with Gasteiger partial charge in [0.25, 0.3) is 0 Å². The Hall–Kier alpha value is -1.45. The van der Waals surface area contributed by atoms with E-state index in [9.17, 15) is 13.6 Å². The Morgan fingerprint density at radius 2 is 2.00 bits per heavy atom. The average molecular weight is 199 g/mol. The van der Waals surface area contributed by atoms with Gasteiger partial charge in [0, 0.05) is 7.05 Å². The number of hydrogen-bond donors (Lipinski definition) is 1. The number of amides is 1. The van der Waals surface area contributed by atoms with Crippen LogP contribution in [0.15, 0.2) is 18.2 Å². The maximum absolute atomic E-state index is 12.8. The van der Waals surface area contributed by atoms with Gasteiger partial charge in [-0.25, -0.2) is 8.78 Å². The number of carbonyl (C=O) groups excluding carboxylic acids is 1. The van der Waals surface area contributed by atoms with Crippen molar-refractivity contribution in [3.05, 3.63) is 35.4 Å². The molecule has 1 aromatic carbocycles. The van der Waals surface area contributed by atoms with Crippen molar-refractivity contribution in [2.45, 2.75) is 12.8 Å². The van der Waals surface area contributed by atoms with Crippen LogP contribution in [0.5, 0.6) is 0 Å².